The van der Waals surface area contributed by atoms with Gasteiger partial charge >= 0.3 is 13.4 Å². The molecule has 0 aliphatic heterocycles. The van der Waals surface area contributed by atoms with E-state index in [4.69, 9.17) is 10.0 Å². The second kappa shape index (κ2) is 5.59. The van der Waals surface area contributed by atoms with Crippen molar-refractivity contribution < 1.29 is 3.55 Å². The maximum atomic E-state index is 6.29. The van der Waals surface area contributed by atoms with E-state index >= 15 is 0 Å². The number of pyridine rings is 1. The molecule has 0 N–H and O–H groups in total. The van der Waals surface area contributed by atoms with E-state index in [0.29, 0.717) is 0 Å². The van der Waals surface area contributed by atoms with Gasteiger partial charge in [-0.15, -0.1) is 0 Å². The van der Waals surface area contributed by atoms with E-state index in [1.165, 1.54) is 18.1 Å². The molecular weight excluding hydrogens is 185 g/mol. The highest BCUT2D eigenvalue weighted by atomic mass is 35.6. The molecule has 0 aromatic carbocycles. The predicted octanol–water partition coefficient (Wildman–Crippen LogP) is 2.35. The van der Waals surface area contributed by atoms with E-state index in [1.54, 1.807) is 0 Å². The number of hydrogen-bond acceptors (Lipinski definition) is 0. The summed E-state index contributed by atoms with van der Waals surface area (Å²) >= 11 is -1.19. The van der Waals surface area contributed by atoms with Gasteiger partial charge in [0.05, 0.1) is 0 Å². The summed E-state index contributed by atoms with van der Waals surface area (Å²) in [4.78, 5) is 0. The van der Waals surface area contributed by atoms with Crippen molar-refractivity contribution in [3.63, 3.8) is 0 Å². The fraction of sp³-hybridized carbons (Fsp3) is 0.444. The van der Waals surface area contributed by atoms with Gasteiger partial charge in [0.25, 0.3) is 0 Å². The van der Waals surface area contributed by atoms with Crippen LogP contribution in [0.15, 0.2) is 30.6 Å². The molecule has 1 heterocycles. The van der Waals surface area contributed by atoms with Crippen LogP contribution in [0.5, 0.6) is 0 Å². The quantitative estimate of drug-likeness (QED) is 0.654. The fourth-order valence-corrected chi connectivity index (χ4v) is 3.59. The summed E-state index contributed by atoms with van der Waals surface area (Å²) in [5.74, 6) is 0. The summed E-state index contributed by atoms with van der Waals surface area (Å²) in [6.07, 6.45) is 6.63. The molecule has 0 aliphatic rings. The third-order valence-electron chi connectivity index (χ3n) is 1.86. The molecule has 1 aromatic rings. The van der Waals surface area contributed by atoms with Crippen LogP contribution in [0.4, 0.5) is 0 Å². The molecule has 0 aliphatic carbocycles. The summed E-state index contributed by atoms with van der Waals surface area (Å²) in [6.45, 7) is 2.20. The van der Waals surface area contributed by atoms with Gasteiger partial charge < -0.3 is 3.55 Å². The molecule has 3 heteroatoms. The summed E-state index contributed by atoms with van der Waals surface area (Å²) in [7, 11) is 6.29. The second-order valence-electron chi connectivity index (χ2n) is 2.90. The molecule has 0 radical (unpaired) electrons. The summed E-state index contributed by atoms with van der Waals surface area (Å²) in [5, 5.41) is 1.19. The molecule has 0 atom stereocenters. The SMILES string of the molecule is CCC[CH2][Al]([Cl])[n+]1ccccc1. The predicted molar refractivity (Wildman–Crippen MR) is 53.4 cm³/mol. The van der Waals surface area contributed by atoms with Crippen LogP contribution in [-0.4, -0.2) is 13.4 Å². The minimum absolute atomic E-state index is 1.19. The Morgan fingerprint density at radius 1 is 1.25 bits per heavy atom. The van der Waals surface area contributed by atoms with Gasteiger partial charge in [-0.05, 0) is 17.4 Å². The van der Waals surface area contributed by atoms with Crippen molar-refractivity contribution in [1.29, 1.82) is 0 Å². The average Bonchev–Trinajstić information content (AvgIpc) is 2.15. The van der Waals surface area contributed by atoms with Crippen molar-refractivity contribution in [1.82, 2.24) is 0 Å². The molecule has 12 heavy (non-hydrogen) atoms. The van der Waals surface area contributed by atoms with E-state index in [1.807, 2.05) is 18.2 Å². The average molecular weight is 199 g/mol. The third kappa shape index (κ3) is 3.15. The number of rotatable bonds is 4. The number of nitrogens with zero attached hydrogens (tertiary/aromatic N) is 1. The van der Waals surface area contributed by atoms with Crippen LogP contribution in [0, 0.1) is 0 Å². The minimum atomic E-state index is -1.19. The fourth-order valence-electron chi connectivity index (χ4n) is 1.12. The molecule has 0 saturated heterocycles. The van der Waals surface area contributed by atoms with Crippen LogP contribution in [0.3, 0.4) is 0 Å². The zero-order valence-electron chi connectivity index (χ0n) is 7.41. The van der Waals surface area contributed by atoms with Gasteiger partial charge in [0, 0.05) is 0 Å². The molecular formula is C9H14AlClN+. The number of aromatic nitrogens is 1. The molecule has 0 bridgehead atoms. The number of unbranched alkanes of at least 4 members (excludes halogenated alkanes) is 1. The molecule has 64 valence electrons. The molecule has 0 amide bonds. The molecule has 1 aromatic heterocycles. The highest BCUT2D eigenvalue weighted by molar-refractivity contribution is 7.01. The Labute approximate surface area is 82.8 Å². The Morgan fingerprint density at radius 3 is 2.50 bits per heavy atom. The molecule has 0 fully saturated rings. The first-order valence-electron chi connectivity index (χ1n) is 4.44. The first-order valence-corrected chi connectivity index (χ1v) is 7.52. The maximum absolute atomic E-state index is 6.29. The van der Waals surface area contributed by atoms with Gasteiger partial charge in [-0.3, -0.25) is 0 Å². The Balaban J connectivity index is 2.48. The minimum Gasteiger partial charge on any atom is -0.383 e. The largest absolute Gasteiger partial charge is 0.876 e. The van der Waals surface area contributed by atoms with Gasteiger partial charge in [-0.2, -0.15) is 10.0 Å². The lowest BCUT2D eigenvalue weighted by atomic mass is 10.4. The van der Waals surface area contributed by atoms with E-state index < -0.39 is 13.4 Å². The molecule has 0 unspecified atom stereocenters. The zero-order valence-corrected chi connectivity index (χ0v) is 9.32. The van der Waals surface area contributed by atoms with Crippen LogP contribution >= 0.6 is 10.0 Å². The summed E-state index contributed by atoms with van der Waals surface area (Å²) in [5.41, 5.74) is 0. The first kappa shape index (κ1) is 10.1. The smallest absolute Gasteiger partial charge is 0.383 e. The van der Waals surface area contributed by atoms with Crippen LogP contribution in [0.2, 0.25) is 5.28 Å². The van der Waals surface area contributed by atoms with E-state index in [-0.39, 0.29) is 0 Å². The van der Waals surface area contributed by atoms with Gasteiger partial charge in [0.2, 0.25) is 0 Å². The Morgan fingerprint density at radius 2 is 1.92 bits per heavy atom. The Bertz CT molecular complexity index is 215. The Hall–Kier alpha value is -0.0275. The van der Waals surface area contributed by atoms with E-state index in [2.05, 4.69) is 22.9 Å². The standard InChI is InChI=1S/C5H5N.C4H9.Al.ClH/c1-2-4-6-5-3-1;1-3-4-2;;/h1-5H;1,3-4H2,2H3;;1H/q;;+2;/p-1. The van der Waals surface area contributed by atoms with Crippen molar-refractivity contribution in [3.05, 3.63) is 30.6 Å². The van der Waals surface area contributed by atoms with Crippen LogP contribution < -0.4 is 3.55 Å². The van der Waals surface area contributed by atoms with Crippen molar-refractivity contribution in [2.24, 2.45) is 0 Å². The van der Waals surface area contributed by atoms with Crippen molar-refractivity contribution in [3.8, 4) is 0 Å². The molecule has 0 spiro atoms. The van der Waals surface area contributed by atoms with Crippen molar-refractivity contribution >= 4 is 23.5 Å². The first-order chi connectivity index (χ1) is 5.84. The van der Waals surface area contributed by atoms with Crippen LogP contribution in [-0.2, 0) is 0 Å². The lowest BCUT2D eigenvalue weighted by molar-refractivity contribution is -0.533. The summed E-state index contributed by atoms with van der Waals surface area (Å²) in [6, 6.07) is 6.09. The molecule has 1 nitrogen and oxygen atoms in total. The van der Waals surface area contributed by atoms with E-state index in [0.717, 1.165) is 0 Å². The number of hydrogen-bond donors (Lipinski definition) is 0. The van der Waals surface area contributed by atoms with E-state index in [9.17, 15) is 0 Å². The monoisotopic (exact) mass is 198 g/mol. The van der Waals surface area contributed by atoms with Crippen molar-refractivity contribution in [2.75, 3.05) is 0 Å². The Kier molecular flexibility index (Phi) is 4.68. The topological polar surface area (TPSA) is 3.88 Å². The highest BCUT2D eigenvalue weighted by Crippen LogP contribution is 2.01. The third-order valence-corrected chi connectivity index (χ3v) is 5.06. The van der Waals surface area contributed by atoms with Crippen LogP contribution in [0.1, 0.15) is 19.8 Å². The van der Waals surface area contributed by atoms with Gasteiger partial charge in [-0.1, -0.05) is 25.8 Å². The van der Waals surface area contributed by atoms with Crippen LogP contribution in [0.25, 0.3) is 0 Å². The summed E-state index contributed by atoms with van der Waals surface area (Å²) < 4.78 is 2.18. The zero-order chi connectivity index (χ0) is 8.81. The highest BCUT2D eigenvalue weighted by Gasteiger charge is 2.34. The normalized spacial score (nSPS) is 9.83. The molecule has 0 saturated carbocycles. The number of halogens is 1. The lowest BCUT2D eigenvalue weighted by Gasteiger charge is -1.96. The maximum Gasteiger partial charge on any atom is 0.876 e. The second-order valence-corrected chi connectivity index (χ2v) is 6.45. The molecule has 1 rings (SSSR count). The van der Waals surface area contributed by atoms with Gasteiger partial charge in [-0.25, -0.2) is 0 Å². The van der Waals surface area contributed by atoms with Gasteiger partial charge in [0.15, 0.2) is 0 Å². The lowest BCUT2D eigenvalue weighted by Crippen LogP contribution is -2.46. The van der Waals surface area contributed by atoms with Crippen molar-refractivity contribution in [2.45, 2.75) is 25.0 Å². The van der Waals surface area contributed by atoms with Gasteiger partial charge in [0.1, 0.15) is 12.4 Å².